The second kappa shape index (κ2) is 75.2. The molecule has 3 fully saturated rings. The Balaban J connectivity index is 1.32. The molecule has 3 saturated heterocycles. The highest BCUT2D eigenvalue weighted by Gasteiger charge is 2.54. The van der Waals surface area contributed by atoms with E-state index >= 15 is 0 Å². The predicted molar refractivity (Wildman–Crippen MR) is 470 cm³/mol. The van der Waals surface area contributed by atoms with Crippen molar-refractivity contribution in [2.24, 2.45) is 0 Å². The van der Waals surface area contributed by atoms with Gasteiger partial charge in [0.15, 0.2) is 18.9 Å². The van der Waals surface area contributed by atoms with E-state index in [9.17, 15) is 61.0 Å². The van der Waals surface area contributed by atoms with Gasteiger partial charge < -0.3 is 89.9 Å². The van der Waals surface area contributed by atoms with Crippen LogP contribution in [0.15, 0.2) is 109 Å². The fraction of sp³-hybridized carbons (Fsp3) is 0.804. The molecular weight excluding hydrogens is 1470 g/mol. The third-order valence-electron chi connectivity index (χ3n) is 22.8. The molecule has 0 bridgehead atoms. The normalized spacial score (nSPS) is 25.0. The Morgan fingerprint density at radius 3 is 0.966 bits per heavy atom. The van der Waals surface area contributed by atoms with Crippen LogP contribution in [-0.2, 0) is 33.2 Å². The highest BCUT2D eigenvalue weighted by atomic mass is 16.8. The maximum Gasteiger partial charge on any atom is 0.220 e. The van der Waals surface area contributed by atoms with Gasteiger partial charge in [-0.3, -0.25) is 4.79 Å². The molecule has 19 nitrogen and oxygen atoms in total. The summed E-state index contributed by atoms with van der Waals surface area (Å²) in [5.74, 6) is -0.286. The number of hydrogen-bond donors (Lipinski definition) is 12. The van der Waals surface area contributed by atoms with Gasteiger partial charge in [-0.15, -0.1) is 0 Å². The Kier molecular flexibility index (Phi) is 69.1. The summed E-state index contributed by atoms with van der Waals surface area (Å²) in [5, 5.41) is 121. The SMILES string of the molecule is CC/C=C\C/C=C\C/C=C\C/C=C\C/C=C\C/C=C\CCCCCCCCCCCCCCCCCCCCCCC(=O)NC(COC1OC(CO)C(OC2OC(CO)C(OC3OC(CO)C(O)C(O)C3O)C(O)C2O)C(O)C1O)C(O)/C=C/CC/C=C/CC/C=C/CCCCCCCCCCCCCCCCCCCCCCCC. The van der Waals surface area contributed by atoms with E-state index in [4.69, 9.17) is 28.4 Å². The standard InChI is InChI=1S/C97H171NO18/c1-3-5-7-9-11-13-15-17-19-21-23-25-27-29-31-33-35-37-38-39-40-41-42-43-45-47-49-51-53-55-57-59-61-63-65-67-69-71-73-75-85(103)98-80(81(102)74-72-70-68-66-64-62-60-58-56-54-52-50-48-46-44-36-34-32-30-28-26-24-22-20-18-16-14-12-10-8-6-4-2)79-111-95-91(109)88(106)93(83(77-100)113-95)116-97-92(110)89(107)94(84(78-101)114-97)115-96-90(108)87(105)86(104)82(76-99)112-96/h5,7,11,13,17,19,23,25,29,31,35,37,56,58,64,66,72,74,80-84,86-97,99-102,104-110H,3-4,6,8-10,12,14-16,18,20-22,24,26-28,30,32-34,36,38-55,57,59-63,65,67-71,73,75-79H2,1-2H3,(H,98,103)/b7-5-,13-11-,19-17-,25-23-,31-29-,37-35-,58-56+,66-64+,74-72+. The summed E-state index contributed by atoms with van der Waals surface area (Å²) >= 11 is 0. The van der Waals surface area contributed by atoms with Crippen LogP contribution >= 0.6 is 0 Å². The molecule has 0 aromatic carbocycles. The molecule has 17 atom stereocenters. The first kappa shape index (κ1) is 107. The van der Waals surface area contributed by atoms with Crippen LogP contribution < -0.4 is 5.32 Å². The summed E-state index contributed by atoms with van der Waals surface area (Å²) in [4.78, 5) is 13.5. The van der Waals surface area contributed by atoms with Crippen molar-refractivity contribution in [2.45, 2.75) is 471 Å². The highest BCUT2D eigenvalue weighted by molar-refractivity contribution is 5.76. The van der Waals surface area contributed by atoms with E-state index in [0.717, 1.165) is 83.5 Å². The van der Waals surface area contributed by atoms with Gasteiger partial charge in [0, 0.05) is 6.42 Å². The number of unbranched alkanes of at least 4 members (excludes halogenated alkanes) is 44. The summed E-state index contributed by atoms with van der Waals surface area (Å²) in [5.41, 5.74) is 0. The van der Waals surface area contributed by atoms with Crippen LogP contribution in [0.2, 0.25) is 0 Å². The van der Waals surface area contributed by atoms with Crippen LogP contribution in [0, 0.1) is 0 Å². The second-order valence-corrected chi connectivity index (χ2v) is 33.1. The predicted octanol–water partition coefficient (Wildman–Crippen LogP) is 18.8. The lowest BCUT2D eigenvalue weighted by atomic mass is 9.96. The van der Waals surface area contributed by atoms with Crippen LogP contribution in [0.3, 0.4) is 0 Å². The lowest BCUT2D eigenvalue weighted by Crippen LogP contribution is -2.66. The van der Waals surface area contributed by atoms with Gasteiger partial charge in [-0.05, 0) is 96.3 Å². The first-order valence-corrected chi connectivity index (χ1v) is 47.1. The van der Waals surface area contributed by atoms with E-state index < -0.39 is 124 Å². The number of nitrogens with one attached hydrogen (secondary N) is 1. The van der Waals surface area contributed by atoms with Gasteiger partial charge in [0.25, 0.3) is 0 Å². The molecule has 3 rings (SSSR count). The van der Waals surface area contributed by atoms with Crippen LogP contribution in [0.4, 0.5) is 0 Å². The van der Waals surface area contributed by atoms with Crippen LogP contribution in [0.25, 0.3) is 0 Å². The van der Waals surface area contributed by atoms with E-state index in [1.807, 2.05) is 6.08 Å². The molecule has 0 aliphatic carbocycles. The van der Waals surface area contributed by atoms with E-state index in [1.54, 1.807) is 6.08 Å². The molecule has 17 unspecified atom stereocenters. The number of hydrogen-bond acceptors (Lipinski definition) is 18. The van der Waals surface area contributed by atoms with Crippen molar-refractivity contribution in [1.82, 2.24) is 5.32 Å². The Bertz CT molecular complexity index is 2520. The average Bonchev–Trinajstić information content (AvgIpc) is 0.779. The molecule has 0 radical (unpaired) electrons. The zero-order valence-electron chi connectivity index (χ0n) is 72.7. The van der Waals surface area contributed by atoms with Crippen molar-refractivity contribution >= 4 is 5.91 Å². The third kappa shape index (κ3) is 52.7. The van der Waals surface area contributed by atoms with Gasteiger partial charge in [-0.2, -0.15) is 0 Å². The summed E-state index contributed by atoms with van der Waals surface area (Å²) in [7, 11) is 0. The largest absolute Gasteiger partial charge is 0.394 e. The minimum atomic E-state index is -1.99. The van der Waals surface area contributed by atoms with E-state index in [2.05, 4.69) is 116 Å². The Morgan fingerprint density at radius 1 is 0.319 bits per heavy atom. The number of aliphatic hydroxyl groups excluding tert-OH is 11. The van der Waals surface area contributed by atoms with Crippen molar-refractivity contribution in [1.29, 1.82) is 0 Å². The Hall–Kier alpha value is -3.55. The molecule has 3 aliphatic rings. The average molecular weight is 1640 g/mol. The number of carbonyl (C=O) groups excluding carboxylic acids is 1. The first-order chi connectivity index (χ1) is 56.8. The molecule has 0 saturated carbocycles. The van der Waals surface area contributed by atoms with Gasteiger partial charge in [0.1, 0.15) is 73.2 Å². The molecular formula is C97H171NO18. The van der Waals surface area contributed by atoms with Gasteiger partial charge in [0.05, 0.1) is 38.6 Å². The smallest absolute Gasteiger partial charge is 0.220 e. The van der Waals surface area contributed by atoms with Crippen LogP contribution in [0.1, 0.15) is 367 Å². The van der Waals surface area contributed by atoms with Gasteiger partial charge >= 0.3 is 0 Å². The van der Waals surface area contributed by atoms with Gasteiger partial charge in [-0.1, -0.05) is 374 Å². The summed E-state index contributed by atoms with van der Waals surface area (Å²) in [6.45, 7) is 1.64. The zero-order valence-corrected chi connectivity index (χ0v) is 72.7. The lowest BCUT2D eigenvalue weighted by molar-refractivity contribution is -0.379. The van der Waals surface area contributed by atoms with Crippen molar-refractivity contribution < 1.29 is 89.4 Å². The molecule has 0 aromatic rings. The number of allylic oxidation sites excluding steroid dienone is 17. The zero-order chi connectivity index (χ0) is 83.8. The lowest BCUT2D eigenvalue weighted by Gasteiger charge is -2.48. The maximum absolute atomic E-state index is 13.5. The van der Waals surface area contributed by atoms with Crippen LogP contribution in [0.5, 0.6) is 0 Å². The van der Waals surface area contributed by atoms with Gasteiger partial charge in [-0.25, -0.2) is 0 Å². The monoisotopic (exact) mass is 1640 g/mol. The highest BCUT2D eigenvalue weighted by Crippen LogP contribution is 2.34. The van der Waals surface area contributed by atoms with Crippen molar-refractivity contribution in [3.05, 3.63) is 109 Å². The molecule has 3 heterocycles. The van der Waals surface area contributed by atoms with Crippen molar-refractivity contribution in [2.75, 3.05) is 26.4 Å². The Morgan fingerprint density at radius 2 is 0.603 bits per heavy atom. The fourth-order valence-electron chi connectivity index (χ4n) is 15.4. The Labute approximate surface area is 704 Å². The second-order valence-electron chi connectivity index (χ2n) is 33.1. The molecule has 1 amide bonds. The third-order valence-corrected chi connectivity index (χ3v) is 22.8. The number of rotatable bonds is 76. The molecule has 0 spiro atoms. The first-order valence-electron chi connectivity index (χ1n) is 47.1. The number of aliphatic hydroxyl groups is 11. The fourth-order valence-corrected chi connectivity index (χ4v) is 15.4. The van der Waals surface area contributed by atoms with Crippen molar-refractivity contribution in [3.63, 3.8) is 0 Å². The molecule has 3 aliphatic heterocycles. The quantitative estimate of drug-likeness (QED) is 0.0199. The topological polar surface area (TPSA) is 307 Å². The molecule has 672 valence electrons. The molecule has 19 heteroatoms. The summed E-state index contributed by atoms with van der Waals surface area (Å²) in [6, 6.07) is -1.00. The summed E-state index contributed by atoms with van der Waals surface area (Å²) < 4.78 is 34.5. The molecule has 0 aromatic heterocycles. The van der Waals surface area contributed by atoms with E-state index in [-0.39, 0.29) is 18.9 Å². The summed E-state index contributed by atoms with van der Waals surface area (Å²) in [6.07, 6.45) is 79.7. The maximum atomic E-state index is 13.5. The molecule has 12 N–H and O–H groups in total. The minimum Gasteiger partial charge on any atom is -0.394 e. The van der Waals surface area contributed by atoms with Gasteiger partial charge in [0.2, 0.25) is 5.91 Å². The van der Waals surface area contributed by atoms with Crippen molar-refractivity contribution in [3.8, 4) is 0 Å². The number of ether oxygens (including phenoxy) is 6. The van der Waals surface area contributed by atoms with E-state index in [0.29, 0.717) is 12.8 Å². The minimum absolute atomic E-state index is 0.230. The van der Waals surface area contributed by atoms with E-state index in [1.165, 1.54) is 250 Å². The number of amides is 1. The molecule has 116 heavy (non-hydrogen) atoms. The van der Waals surface area contributed by atoms with Crippen LogP contribution in [-0.4, -0.2) is 193 Å². The number of carbonyl (C=O) groups is 1.